The Hall–Kier alpha value is -1.68. The highest BCUT2D eigenvalue weighted by Gasteiger charge is 2.37. The topological polar surface area (TPSA) is 79.7 Å². The van der Waals surface area contributed by atoms with Crippen LogP contribution in [-0.4, -0.2) is 46.1 Å². The number of aromatic nitrogens is 1. The first-order chi connectivity index (χ1) is 10.2. The van der Waals surface area contributed by atoms with Crippen LogP contribution in [0.5, 0.6) is 0 Å². The van der Waals surface area contributed by atoms with Gasteiger partial charge in [-0.05, 0) is 12.8 Å². The molecule has 2 atom stereocenters. The molecule has 0 bridgehead atoms. The van der Waals surface area contributed by atoms with Crippen LogP contribution in [0.15, 0.2) is 5.38 Å². The molecule has 0 aromatic carbocycles. The number of hydrogen-bond acceptors (Lipinski definition) is 5. The van der Waals surface area contributed by atoms with E-state index < -0.39 is 36.0 Å². The lowest BCUT2D eigenvalue weighted by Gasteiger charge is -2.19. The molecule has 1 aromatic rings. The molecule has 6 nitrogen and oxygen atoms in total. The molecule has 0 spiro atoms. The quantitative estimate of drug-likeness (QED) is 0.905. The van der Waals surface area contributed by atoms with E-state index in [1.807, 2.05) is 0 Å². The highest BCUT2D eigenvalue weighted by molar-refractivity contribution is 7.09. The summed E-state index contributed by atoms with van der Waals surface area (Å²) in [6.07, 6.45) is -5.91. The van der Waals surface area contributed by atoms with Crippen molar-refractivity contribution in [3.8, 4) is 0 Å². The van der Waals surface area contributed by atoms with Crippen molar-refractivity contribution in [2.75, 3.05) is 7.05 Å². The lowest BCUT2D eigenvalue weighted by atomic mass is 10.2. The minimum absolute atomic E-state index is 0.0861. The smallest absolute Gasteiger partial charge is 0.434 e. The van der Waals surface area contributed by atoms with Crippen LogP contribution in [0.2, 0.25) is 0 Å². The van der Waals surface area contributed by atoms with E-state index in [0.717, 1.165) is 16.7 Å². The van der Waals surface area contributed by atoms with Crippen LogP contribution in [0.25, 0.3) is 0 Å². The Labute approximate surface area is 127 Å². The minimum atomic E-state index is -4.51. The maximum absolute atomic E-state index is 12.4. The molecule has 1 amide bonds. The van der Waals surface area contributed by atoms with Crippen molar-refractivity contribution in [3.05, 3.63) is 16.1 Å². The standard InChI is InChI=1S/C12H13F3N2O4S/c1-17(4-9-16-8(5-22-9)12(13,14)15)10(18)6-2-3-7(21-6)11(19)20/h5-7H,2-4H2,1H3,(H,19,20)/t6-,7+/m0/s1. The fourth-order valence-corrected chi connectivity index (χ4v) is 2.89. The Kier molecular flexibility index (Phi) is 4.71. The van der Waals surface area contributed by atoms with Crippen LogP contribution in [0.1, 0.15) is 23.5 Å². The molecule has 1 aliphatic heterocycles. The molecule has 1 aliphatic rings. The summed E-state index contributed by atoms with van der Waals surface area (Å²) < 4.78 is 42.5. The number of likely N-dealkylation sites (N-methyl/N-ethyl adjacent to an activating group) is 1. The third-order valence-corrected chi connectivity index (χ3v) is 3.99. The van der Waals surface area contributed by atoms with Gasteiger partial charge in [0.15, 0.2) is 11.8 Å². The number of rotatable bonds is 4. The monoisotopic (exact) mass is 338 g/mol. The molecule has 2 heterocycles. The first kappa shape index (κ1) is 16.7. The van der Waals surface area contributed by atoms with Crippen molar-refractivity contribution in [1.29, 1.82) is 0 Å². The second kappa shape index (κ2) is 6.21. The molecule has 10 heteroatoms. The fraction of sp³-hybridized carbons (Fsp3) is 0.583. The van der Waals surface area contributed by atoms with Crippen molar-refractivity contribution in [1.82, 2.24) is 9.88 Å². The second-order valence-electron chi connectivity index (χ2n) is 4.85. The Bertz CT molecular complexity index is 575. The first-order valence-corrected chi connectivity index (χ1v) is 7.21. The highest BCUT2D eigenvalue weighted by atomic mass is 32.1. The average Bonchev–Trinajstić information content (AvgIpc) is 3.05. The first-order valence-electron chi connectivity index (χ1n) is 6.33. The van der Waals surface area contributed by atoms with Crippen molar-refractivity contribution in [3.63, 3.8) is 0 Å². The van der Waals surface area contributed by atoms with Gasteiger partial charge in [0.2, 0.25) is 0 Å². The third kappa shape index (κ3) is 3.74. The van der Waals surface area contributed by atoms with Crippen LogP contribution in [0, 0.1) is 0 Å². The number of hydrogen-bond donors (Lipinski definition) is 1. The van der Waals surface area contributed by atoms with Gasteiger partial charge >= 0.3 is 12.1 Å². The van der Waals surface area contributed by atoms with E-state index in [9.17, 15) is 22.8 Å². The molecule has 0 radical (unpaired) electrons. The summed E-state index contributed by atoms with van der Waals surface area (Å²) in [7, 11) is 1.41. The number of ether oxygens (including phenoxy) is 1. The Morgan fingerprint density at radius 2 is 2.09 bits per heavy atom. The molecule has 1 fully saturated rings. The predicted octanol–water partition coefficient (Wildman–Crippen LogP) is 1.75. The number of halogens is 3. The number of nitrogens with zero attached hydrogens (tertiary/aromatic N) is 2. The van der Waals surface area contributed by atoms with Crippen LogP contribution in [-0.2, 0) is 27.0 Å². The molecule has 1 N–H and O–H groups in total. The van der Waals surface area contributed by atoms with Gasteiger partial charge in [-0.2, -0.15) is 13.2 Å². The fourth-order valence-electron chi connectivity index (χ4n) is 2.04. The maximum Gasteiger partial charge on any atom is 0.434 e. The van der Waals surface area contributed by atoms with Gasteiger partial charge in [0.05, 0.1) is 6.54 Å². The van der Waals surface area contributed by atoms with Crippen molar-refractivity contribution in [2.45, 2.75) is 37.8 Å². The summed E-state index contributed by atoms with van der Waals surface area (Å²) in [6, 6.07) is 0. The summed E-state index contributed by atoms with van der Waals surface area (Å²) in [5, 5.41) is 9.84. The summed E-state index contributed by atoms with van der Waals surface area (Å²) in [5.41, 5.74) is -0.989. The van der Waals surface area contributed by atoms with E-state index in [1.54, 1.807) is 0 Å². The van der Waals surface area contributed by atoms with Gasteiger partial charge < -0.3 is 14.7 Å². The minimum Gasteiger partial charge on any atom is -0.479 e. The van der Waals surface area contributed by atoms with Crippen LogP contribution < -0.4 is 0 Å². The maximum atomic E-state index is 12.4. The molecule has 1 saturated heterocycles. The molecule has 122 valence electrons. The summed E-state index contributed by atoms with van der Waals surface area (Å²) in [4.78, 5) is 27.5. The number of carboxylic acid groups (broad SMARTS) is 1. The molecular formula is C12H13F3N2O4S. The number of aliphatic carboxylic acids is 1. The average molecular weight is 338 g/mol. The van der Waals surface area contributed by atoms with E-state index in [2.05, 4.69) is 4.98 Å². The molecule has 0 saturated carbocycles. The molecular weight excluding hydrogens is 325 g/mol. The van der Waals surface area contributed by atoms with E-state index in [0.29, 0.717) is 0 Å². The molecule has 1 aromatic heterocycles. The van der Waals surface area contributed by atoms with Crippen molar-refractivity contribution < 1.29 is 32.6 Å². The lowest BCUT2D eigenvalue weighted by molar-refractivity contribution is -0.154. The third-order valence-electron chi connectivity index (χ3n) is 3.16. The SMILES string of the molecule is CN(Cc1nc(C(F)(F)F)cs1)C(=O)[C@@H]1CC[C@H](C(=O)O)O1. The largest absolute Gasteiger partial charge is 0.479 e. The van der Waals surface area contributed by atoms with Crippen LogP contribution >= 0.6 is 11.3 Å². The Balaban J connectivity index is 1.95. The van der Waals surface area contributed by atoms with E-state index in [1.165, 1.54) is 11.9 Å². The van der Waals surface area contributed by atoms with Crippen molar-refractivity contribution in [2.24, 2.45) is 0 Å². The number of thiazole rings is 1. The lowest BCUT2D eigenvalue weighted by Crippen LogP contribution is -2.36. The van der Waals surface area contributed by atoms with Gasteiger partial charge in [0.1, 0.15) is 11.1 Å². The molecule has 0 unspecified atom stereocenters. The normalized spacial score (nSPS) is 21.8. The number of carbonyl (C=O) groups is 2. The van der Waals surface area contributed by atoms with Crippen LogP contribution in [0.4, 0.5) is 13.2 Å². The predicted molar refractivity (Wildman–Crippen MR) is 69.1 cm³/mol. The highest BCUT2D eigenvalue weighted by Crippen LogP contribution is 2.30. The number of carboxylic acids is 1. The molecule has 22 heavy (non-hydrogen) atoms. The van der Waals surface area contributed by atoms with E-state index >= 15 is 0 Å². The zero-order valence-corrected chi connectivity index (χ0v) is 12.3. The van der Waals surface area contributed by atoms with Gasteiger partial charge in [-0.25, -0.2) is 9.78 Å². The number of amides is 1. The Morgan fingerprint density at radius 1 is 1.45 bits per heavy atom. The zero-order valence-electron chi connectivity index (χ0n) is 11.5. The van der Waals surface area contributed by atoms with Crippen molar-refractivity contribution >= 4 is 23.2 Å². The van der Waals surface area contributed by atoms with Gasteiger partial charge in [-0.1, -0.05) is 0 Å². The van der Waals surface area contributed by atoms with E-state index in [-0.39, 0.29) is 24.4 Å². The molecule has 2 rings (SSSR count). The number of carbonyl (C=O) groups excluding carboxylic acids is 1. The van der Waals surface area contributed by atoms with Gasteiger partial charge in [-0.3, -0.25) is 4.79 Å². The second-order valence-corrected chi connectivity index (χ2v) is 5.79. The summed E-state index contributed by atoms with van der Waals surface area (Å²) >= 11 is 0.810. The molecule has 0 aliphatic carbocycles. The number of alkyl halides is 3. The Morgan fingerprint density at radius 3 is 2.59 bits per heavy atom. The van der Waals surface area contributed by atoms with Gasteiger partial charge in [0, 0.05) is 12.4 Å². The summed E-state index contributed by atoms with van der Waals surface area (Å²) in [5.74, 6) is -1.60. The van der Waals surface area contributed by atoms with Gasteiger partial charge in [-0.15, -0.1) is 11.3 Å². The summed E-state index contributed by atoms with van der Waals surface area (Å²) in [6.45, 7) is -0.0861. The van der Waals surface area contributed by atoms with Crippen LogP contribution in [0.3, 0.4) is 0 Å². The van der Waals surface area contributed by atoms with E-state index in [4.69, 9.17) is 9.84 Å². The zero-order chi connectivity index (χ0) is 16.5. The van der Waals surface area contributed by atoms with Gasteiger partial charge in [0.25, 0.3) is 5.91 Å².